The molecule has 1 aliphatic rings. The molecule has 3 rings (SSSR count). The van der Waals surface area contributed by atoms with Crippen molar-refractivity contribution < 1.29 is 8.92 Å². The predicted molar refractivity (Wildman–Crippen MR) is 75.9 cm³/mol. The van der Waals surface area contributed by atoms with Gasteiger partial charge in [-0.3, -0.25) is 9.36 Å². The third-order valence-electron chi connectivity index (χ3n) is 2.95. The van der Waals surface area contributed by atoms with Gasteiger partial charge in [-0.2, -0.15) is 4.98 Å². The van der Waals surface area contributed by atoms with Gasteiger partial charge < -0.3 is 8.92 Å². The molecule has 2 aromatic rings. The minimum Gasteiger partial charge on any atom is -0.457 e. The summed E-state index contributed by atoms with van der Waals surface area (Å²) >= 11 is 1.33. The van der Waals surface area contributed by atoms with Crippen LogP contribution in [0.15, 0.2) is 46.2 Å². The van der Waals surface area contributed by atoms with Gasteiger partial charge in [0.05, 0.1) is 6.54 Å². The predicted octanol–water partition coefficient (Wildman–Crippen LogP) is 2.04. The fraction of sp³-hybridized carbons (Fsp3) is 0.286. The Labute approximate surface area is 120 Å². The van der Waals surface area contributed by atoms with Crippen molar-refractivity contribution in [3.05, 3.63) is 52.4 Å². The normalized spacial score (nSPS) is 16.8. The van der Waals surface area contributed by atoms with Gasteiger partial charge in [-0.25, -0.2) is 0 Å². The molecule has 0 aliphatic carbocycles. The minimum absolute atomic E-state index is 0.109. The van der Waals surface area contributed by atoms with Crippen molar-refractivity contribution in [2.75, 3.05) is 6.61 Å². The molecule has 0 radical (unpaired) electrons. The Hall–Kier alpha value is -1.79. The highest BCUT2D eigenvalue weighted by Crippen LogP contribution is 2.22. The Bertz CT molecular complexity index is 654. The molecule has 2 heterocycles. The number of aryl methyl sites for hydroxylation is 1. The highest BCUT2D eigenvalue weighted by atomic mass is 32.2. The summed E-state index contributed by atoms with van der Waals surface area (Å²) in [5, 5.41) is 0. The van der Waals surface area contributed by atoms with Gasteiger partial charge in [0.25, 0.3) is 11.6 Å². The van der Waals surface area contributed by atoms with E-state index in [0.29, 0.717) is 19.2 Å². The van der Waals surface area contributed by atoms with Gasteiger partial charge in [-0.15, -0.1) is 0 Å². The van der Waals surface area contributed by atoms with Gasteiger partial charge in [0.1, 0.15) is 12.7 Å². The molecule has 1 aromatic heterocycles. The maximum absolute atomic E-state index is 11.1. The summed E-state index contributed by atoms with van der Waals surface area (Å²) in [4.78, 5) is 16.0. The molecule has 1 aliphatic heterocycles. The quantitative estimate of drug-likeness (QED) is 0.807. The molecule has 0 amide bonds. The fourth-order valence-electron chi connectivity index (χ4n) is 1.91. The largest absolute Gasteiger partial charge is 0.457 e. The van der Waals surface area contributed by atoms with Gasteiger partial charge in [0.2, 0.25) is 0 Å². The second-order valence-corrected chi connectivity index (χ2v) is 5.50. The lowest BCUT2D eigenvalue weighted by Gasteiger charge is -2.08. The van der Waals surface area contributed by atoms with Crippen molar-refractivity contribution in [1.82, 2.24) is 9.55 Å². The lowest BCUT2D eigenvalue weighted by molar-refractivity contribution is 0.158. The van der Waals surface area contributed by atoms with Crippen LogP contribution in [0, 0.1) is 6.92 Å². The summed E-state index contributed by atoms with van der Waals surface area (Å²) in [6.45, 7) is 3.14. The zero-order chi connectivity index (χ0) is 13.9. The molecule has 104 valence electrons. The Kier molecular flexibility index (Phi) is 3.75. The number of ether oxygens (including phenoxy) is 1. The maximum atomic E-state index is 11.1. The summed E-state index contributed by atoms with van der Waals surface area (Å²) in [6.07, 6.45) is 1.58. The van der Waals surface area contributed by atoms with E-state index in [1.165, 1.54) is 23.7 Å². The first kappa shape index (κ1) is 13.2. The van der Waals surface area contributed by atoms with E-state index in [1.807, 2.05) is 35.8 Å². The molecule has 0 fully saturated rings. The monoisotopic (exact) mass is 290 g/mol. The van der Waals surface area contributed by atoms with Crippen molar-refractivity contribution in [3.8, 4) is 6.01 Å². The Morgan fingerprint density at radius 3 is 3.00 bits per heavy atom. The first-order chi connectivity index (χ1) is 9.70. The SMILES string of the molecule is Cc1ccc(SOC[C@@H]2Cn3ccc(=O)nc3O2)cc1. The number of hydrogen-bond acceptors (Lipinski definition) is 5. The first-order valence-corrected chi connectivity index (χ1v) is 7.05. The van der Waals surface area contributed by atoms with Crippen LogP contribution in [0.2, 0.25) is 0 Å². The van der Waals surface area contributed by atoms with Crippen LogP contribution in [0.1, 0.15) is 5.56 Å². The van der Waals surface area contributed by atoms with Crippen LogP contribution in [-0.2, 0) is 10.7 Å². The van der Waals surface area contributed by atoms with E-state index in [0.717, 1.165) is 4.90 Å². The standard InChI is InChI=1S/C14H14N2O3S/c1-10-2-4-12(5-3-10)20-18-9-11-8-16-7-6-13(17)15-14(16)19-11/h2-7,11H,8-9H2,1H3/t11-/m0/s1. The van der Waals surface area contributed by atoms with Crippen molar-refractivity contribution >= 4 is 12.0 Å². The maximum Gasteiger partial charge on any atom is 0.300 e. The zero-order valence-corrected chi connectivity index (χ0v) is 11.8. The van der Waals surface area contributed by atoms with Crippen molar-refractivity contribution in [1.29, 1.82) is 0 Å². The zero-order valence-electron chi connectivity index (χ0n) is 11.0. The van der Waals surface area contributed by atoms with Gasteiger partial charge in [-0.05, 0) is 19.1 Å². The van der Waals surface area contributed by atoms with Crippen LogP contribution in [0.3, 0.4) is 0 Å². The number of aromatic nitrogens is 2. The van der Waals surface area contributed by atoms with Crippen molar-refractivity contribution in [2.24, 2.45) is 0 Å². The van der Waals surface area contributed by atoms with E-state index >= 15 is 0 Å². The number of fused-ring (bicyclic) bond motifs is 1. The molecular weight excluding hydrogens is 276 g/mol. The second kappa shape index (κ2) is 5.68. The minimum atomic E-state index is -0.285. The molecule has 0 unspecified atom stereocenters. The molecule has 1 aromatic carbocycles. The highest BCUT2D eigenvalue weighted by Gasteiger charge is 2.23. The Morgan fingerprint density at radius 2 is 2.20 bits per heavy atom. The molecule has 0 saturated heterocycles. The van der Waals surface area contributed by atoms with Crippen LogP contribution < -0.4 is 10.3 Å². The fourth-order valence-corrected chi connectivity index (χ4v) is 2.51. The Balaban J connectivity index is 1.51. The number of benzene rings is 1. The van der Waals surface area contributed by atoms with Crippen molar-refractivity contribution in [3.63, 3.8) is 0 Å². The summed E-state index contributed by atoms with van der Waals surface area (Å²) in [7, 11) is 0. The number of rotatable bonds is 4. The van der Waals surface area contributed by atoms with Crippen molar-refractivity contribution in [2.45, 2.75) is 24.5 Å². The molecule has 0 N–H and O–H groups in total. The van der Waals surface area contributed by atoms with E-state index in [9.17, 15) is 4.79 Å². The molecule has 5 nitrogen and oxygen atoms in total. The van der Waals surface area contributed by atoms with E-state index in [-0.39, 0.29) is 11.7 Å². The molecular formula is C14H14N2O3S. The van der Waals surface area contributed by atoms with E-state index in [2.05, 4.69) is 4.98 Å². The van der Waals surface area contributed by atoms with Crippen LogP contribution >= 0.6 is 12.0 Å². The van der Waals surface area contributed by atoms with Crippen LogP contribution in [0.5, 0.6) is 6.01 Å². The molecule has 0 saturated carbocycles. The molecule has 0 bridgehead atoms. The number of nitrogens with zero attached hydrogens (tertiary/aromatic N) is 2. The summed E-state index contributed by atoms with van der Waals surface area (Å²) in [5.41, 5.74) is 0.937. The van der Waals surface area contributed by atoms with Gasteiger partial charge in [0.15, 0.2) is 0 Å². The lowest BCUT2D eigenvalue weighted by atomic mass is 10.2. The first-order valence-electron chi connectivity index (χ1n) is 6.31. The molecule has 6 heteroatoms. The van der Waals surface area contributed by atoms with Gasteiger partial charge in [-0.1, -0.05) is 17.7 Å². The van der Waals surface area contributed by atoms with E-state index in [1.54, 1.807) is 6.20 Å². The topological polar surface area (TPSA) is 53.4 Å². The highest BCUT2D eigenvalue weighted by molar-refractivity contribution is 7.94. The van der Waals surface area contributed by atoms with Gasteiger partial charge >= 0.3 is 0 Å². The van der Waals surface area contributed by atoms with Crippen LogP contribution in [-0.4, -0.2) is 22.3 Å². The average Bonchev–Trinajstić information content (AvgIpc) is 2.83. The Morgan fingerprint density at radius 1 is 1.40 bits per heavy atom. The number of hydrogen-bond donors (Lipinski definition) is 0. The third kappa shape index (κ3) is 3.02. The van der Waals surface area contributed by atoms with Crippen LogP contribution in [0.4, 0.5) is 0 Å². The summed E-state index contributed by atoms with van der Waals surface area (Å²) < 4.78 is 12.9. The van der Waals surface area contributed by atoms with Crippen LogP contribution in [0.25, 0.3) is 0 Å². The lowest BCUT2D eigenvalue weighted by Crippen LogP contribution is -2.19. The average molecular weight is 290 g/mol. The second-order valence-electron chi connectivity index (χ2n) is 4.62. The van der Waals surface area contributed by atoms with Gasteiger partial charge in [0, 0.05) is 29.2 Å². The smallest absolute Gasteiger partial charge is 0.300 e. The molecule has 1 atom stereocenters. The third-order valence-corrected chi connectivity index (χ3v) is 3.67. The van der Waals surface area contributed by atoms with E-state index < -0.39 is 0 Å². The summed E-state index contributed by atoms with van der Waals surface area (Å²) in [5.74, 6) is 0. The molecule has 20 heavy (non-hydrogen) atoms. The summed E-state index contributed by atoms with van der Waals surface area (Å²) in [6, 6.07) is 9.92. The molecule has 0 spiro atoms. The van der Waals surface area contributed by atoms with E-state index in [4.69, 9.17) is 8.92 Å².